The Morgan fingerprint density at radius 1 is 1.24 bits per heavy atom. The van der Waals surface area contributed by atoms with Gasteiger partial charge in [0.25, 0.3) is 0 Å². The van der Waals surface area contributed by atoms with Crippen LogP contribution in [0.1, 0.15) is 25.1 Å². The highest BCUT2D eigenvalue weighted by Crippen LogP contribution is 2.37. The van der Waals surface area contributed by atoms with Crippen LogP contribution in [0.25, 0.3) is 11.4 Å². The van der Waals surface area contributed by atoms with Crippen molar-refractivity contribution in [3.63, 3.8) is 0 Å². The first kappa shape index (κ1) is 10.5. The van der Waals surface area contributed by atoms with Crippen LogP contribution in [-0.2, 0) is 12.6 Å². The van der Waals surface area contributed by atoms with Gasteiger partial charge in [0.05, 0.1) is 5.54 Å². The number of benzene rings is 1. The molecule has 0 saturated heterocycles. The van der Waals surface area contributed by atoms with Crippen LogP contribution < -0.4 is 5.73 Å². The molecule has 2 aromatic rings. The Morgan fingerprint density at radius 2 is 1.94 bits per heavy atom. The van der Waals surface area contributed by atoms with Gasteiger partial charge >= 0.3 is 0 Å². The first-order valence-corrected chi connectivity index (χ1v) is 5.95. The molecule has 4 heteroatoms. The summed E-state index contributed by atoms with van der Waals surface area (Å²) in [5.41, 5.74) is 7.08. The predicted molar refractivity (Wildman–Crippen MR) is 66.2 cm³/mol. The lowest BCUT2D eigenvalue weighted by atomic mass is 9.77. The van der Waals surface area contributed by atoms with Gasteiger partial charge in [-0.15, -0.1) is 0 Å². The van der Waals surface area contributed by atoms with E-state index in [1.165, 1.54) is 6.42 Å². The number of nitrogens with zero attached hydrogens (tertiary/aromatic N) is 3. The van der Waals surface area contributed by atoms with Crippen LogP contribution in [0.5, 0.6) is 0 Å². The maximum Gasteiger partial charge on any atom is 0.181 e. The van der Waals surface area contributed by atoms with Gasteiger partial charge < -0.3 is 5.73 Å². The summed E-state index contributed by atoms with van der Waals surface area (Å²) < 4.78 is 1.82. The molecule has 0 spiro atoms. The van der Waals surface area contributed by atoms with Crippen molar-refractivity contribution in [2.45, 2.75) is 24.8 Å². The first-order valence-electron chi connectivity index (χ1n) is 5.95. The Kier molecular flexibility index (Phi) is 2.26. The molecule has 88 valence electrons. The van der Waals surface area contributed by atoms with Crippen LogP contribution in [0.15, 0.2) is 30.3 Å². The minimum atomic E-state index is -0.255. The van der Waals surface area contributed by atoms with Crippen molar-refractivity contribution in [2.24, 2.45) is 12.8 Å². The molecule has 2 N–H and O–H groups in total. The average Bonchev–Trinajstić information content (AvgIpc) is 2.70. The highest BCUT2D eigenvalue weighted by molar-refractivity contribution is 5.54. The molecule has 1 aromatic heterocycles. The molecule has 1 heterocycles. The van der Waals surface area contributed by atoms with Crippen LogP contribution in [-0.4, -0.2) is 14.8 Å². The summed E-state index contributed by atoms with van der Waals surface area (Å²) in [6.45, 7) is 0. The molecular weight excluding hydrogens is 212 g/mol. The standard InChI is InChI=1S/C13H16N4/c1-17-12(13(14)8-5-9-13)15-11(16-17)10-6-3-2-4-7-10/h2-4,6-7H,5,8-9,14H2,1H3. The molecule has 0 radical (unpaired) electrons. The second-order valence-electron chi connectivity index (χ2n) is 4.76. The molecule has 1 fully saturated rings. The summed E-state index contributed by atoms with van der Waals surface area (Å²) in [6, 6.07) is 10.0. The molecular formula is C13H16N4. The molecule has 1 aliphatic carbocycles. The molecule has 0 amide bonds. The van der Waals surface area contributed by atoms with E-state index in [1.807, 2.05) is 42.1 Å². The summed E-state index contributed by atoms with van der Waals surface area (Å²) in [6.07, 6.45) is 3.20. The third-order valence-corrected chi connectivity index (χ3v) is 3.49. The molecule has 1 aliphatic rings. The van der Waals surface area contributed by atoms with E-state index in [2.05, 4.69) is 10.1 Å². The van der Waals surface area contributed by atoms with E-state index in [0.29, 0.717) is 0 Å². The smallest absolute Gasteiger partial charge is 0.181 e. The Balaban J connectivity index is 2.02. The maximum atomic E-state index is 6.29. The Morgan fingerprint density at radius 3 is 2.53 bits per heavy atom. The summed E-state index contributed by atoms with van der Waals surface area (Å²) in [7, 11) is 1.92. The van der Waals surface area contributed by atoms with Crippen molar-refractivity contribution in [1.29, 1.82) is 0 Å². The fraction of sp³-hybridized carbons (Fsp3) is 0.385. The Hall–Kier alpha value is -1.68. The summed E-state index contributed by atoms with van der Waals surface area (Å²) in [4.78, 5) is 4.60. The first-order chi connectivity index (χ1) is 8.19. The van der Waals surface area contributed by atoms with Gasteiger partial charge in [-0.1, -0.05) is 30.3 Å². The average molecular weight is 228 g/mol. The molecule has 1 aromatic carbocycles. The number of nitrogens with two attached hydrogens (primary N) is 1. The summed E-state index contributed by atoms with van der Waals surface area (Å²) >= 11 is 0. The third kappa shape index (κ3) is 1.65. The lowest BCUT2D eigenvalue weighted by molar-refractivity contribution is 0.230. The van der Waals surface area contributed by atoms with Crippen molar-refractivity contribution in [1.82, 2.24) is 14.8 Å². The van der Waals surface area contributed by atoms with Crippen molar-refractivity contribution in [3.8, 4) is 11.4 Å². The van der Waals surface area contributed by atoms with Crippen LogP contribution >= 0.6 is 0 Å². The summed E-state index contributed by atoms with van der Waals surface area (Å²) in [5, 5.41) is 4.45. The van der Waals surface area contributed by atoms with Crippen molar-refractivity contribution in [3.05, 3.63) is 36.2 Å². The number of hydrogen-bond donors (Lipinski definition) is 1. The van der Waals surface area contributed by atoms with Gasteiger partial charge in [-0.3, -0.25) is 4.68 Å². The van der Waals surface area contributed by atoms with Crippen molar-refractivity contribution >= 4 is 0 Å². The number of aromatic nitrogens is 3. The van der Waals surface area contributed by atoms with E-state index >= 15 is 0 Å². The SMILES string of the molecule is Cn1nc(-c2ccccc2)nc1C1(N)CCC1. The number of rotatable bonds is 2. The number of hydrogen-bond acceptors (Lipinski definition) is 3. The lowest BCUT2D eigenvalue weighted by Gasteiger charge is -2.36. The highest BCUT2D eigenvalue weighted by Gasteiger charge is 2.38. The molecule has 0 bridgehead atoms. The molecule has 0 aliphatic heterocycles. The van der Waals surface area contributed by atoms with E-state index < -0.39 is 0 Å². The van der Waals surface area contributed by atoms with Crippen LogP contribution in [0.2, 0.25) is 0 Å². The molecule has 0 unspecified atom stereocenters. The monoisotopic (exact) mass is 228 g/mol. The van der Waals surface area contributed by atoms with Crippen LogP contribution in [0.3, 0.4) is 0 Å². The van der Waals surface area contributed by atoms with Crippen LogP contribution in [0.4, 0.5) is 0 Å². The maximum absolute atomic E-state index is 6.29. The van der Waals surface area contributed by atoms with Crippen molar-refractivity contribution in [2.75, 3.05) is 0 Å². The van der Waals surface area contributed by atoms with E-state index in [-0.39, 0.29) is 5.54 Å². The molecule has 17 heavy (non-hydrogen) atoms. The fourth-order valence-electron chi connectivity index (χ4n) is 2.31. The van der Waals surface area contributed by atoms with Gasteiger partial charge in [-0.25, -0.2) is 4.98 Å². The number of aryl methyl sites for hydroxylation is 1. The van der Waals surface area contributed by atoms with E-state index in [4.69, 9.17) is 5.73 Å². The van der Waals surface area contributed by atoms with E-state index in [1.54, 1.807) is 0 Å². The quantitative estimate of drug-likeness (QED) is 0.853. The van der Waals surface area contributed by atoms with Gasteiger partial charge in [-0.05, 0) is 19.3 Å². The van der Waals surface area contributed by atoms with E-state index in [9.17, 15) is 0 Å². The molecule has 0 atom stereocenters. The topological polar surface area (TPSA) is 56.7 Å². The Bertz CT molecular complexity index is 526. The zero-order chi connectivity index (χ0) is 11.9. The van der Waals surface area contributed by atoms with Gasteiger partial charge in [0.15, 0.2) is 5.82 Å². The fourth-order valence-corrected chi connectivity index (χ4v) is 2.31. The van der Waals surface area contributed by atoms with E-state index in [0.717, 1.165) is 30.1 Å². The molecule has 1 saturated carbocycles. The highest BCUT2D eigenvalue weighted by atomic mass is 15.3. The van der Waals surface area contributed by atoms with Gasteiger partial charge in [0.1, 0.15) is 5.82 Å². The van der Waals surface area contributed by atoms with Crippen LogP contribution in [0, 0.1) is 0 Å². The minimum Gasteiger partial charge on any atom is -0.319 e. The predicted octanol–water partition coefficient (Wildman–Crippen LogP) is 1.82. The second kappa shape index (κ2) is 3.67. The second-order valence-corrected chi connectivity index (χ2v) is 4.76. The Labute approximate surface area is 100 Å². The van der Waals surface area contributed by atoms with Crippen molar-refractivity contribution < 1.29 is 0 Å². The normalized spacial score (nSPS) is 17.8. The van der Waals surface area contributed by atoms with Gasteiger partial charge in [0, 0.05) is 12.6 Å². The molecule has 3 rings (SSSR count). The third-order valence-electron chi connectivity index (χ3n) is 3.49. The lowest BCUT2D eigenvalue weighted by Crippen LogP contribution is -2.45. The van der Waals surface area contributed by atoms with Gasteiger partial charge in [0.2, 0.25) is 0 Å². The minimum absolute atomic E-state index is 0.255. The largest absolute Gasteiger partial charge is 0.319 e. The molecule has 4 nitrogen and oxygen atoms in total. The summed E-state index contributed by atoms with van der Waals surface area (Å²) in [5.74, 6) is 1.67. The zero-order valence-corrected chi connectivity index (χ0v) is 9.93. The zero-order valence-electron chi connectivity index (χ0n) is 9.93. The van der Waals surface area contributed by atoms with Gasteiger partial charge in [-0.2, -0.15) is 5.10 Å².